The van der Waals surface area contributed by atoms with E-state index >= 15 is 0 Å². The Morgan fingerprint density at radius 3 is 2.45 bits per heavy atom. The number of nitrogens with zero attached hydrogens (tertiary/aromatic N) is 3. The van der Waals surface area contributed by atoms with E-state index in [1.165, 1.54) is 6.07 Å². The van der Waals surface area contributed by atoms with Crippen molar-refractivity contribution in [3.63, 3.8) is 0 Å². The molecule has 0 aliphatic carbocycles. The molecule has 1 fully saturated rings. The van der Waals surface area contributed by atoms with Crippen molar-refractivity contribution in [2.45, 2.75) is 57.5 Å². The van der Waals surface area contributed by atoms with Crippen molar-refractivity contribution in [3.8, 4) is 5.75 Å². The van der Waals surface area contributed by atoms with E-state index < -0.39 is 36.8 Å². The van der Waals surface area contributed by atoms with Crippen LogP contribution in [0.15, 0.2) is 18.2 Å². The van der Waals surface area contributed by atoms with Gasteiger partial charge in [-0.2, -0.15) is 13.2 Å². The predicted molar refractivity (Wildman–Crippen MR) is 122 cm³/mol. The van der Waals surface area contributed by atoms with Gasteiger partial charge < -0.3 is 25.4 Å². The maximum absolute atomic E-state index is 13.9. The minimum Gasteiger partial charge on any atom is -0.487 e. The van der Waals surface area contributed by atoms with Gasteiger partial charge in [-0.25, -0.2) is 32.3 Å². The molecule has 4 rings (SSSR count). The summed E-state index contributed by atoms with van der Waals surface area (Å²) >= 11 is 0. The number of carboxylic acids is 1. The van der Waals surface area contributed by atoms with Crippen LogP contribution < -0.4 is 20.3 Å². The average Bonchev–Trinajstić information content (AvgIpc) is 2.84. The maximum atomic E-state index is 13.9. The molecule has 1 saturated heterocycles. The van der Waals surface area contributed by atoms with E-state index in [4.69, 9.17) is 19.6 Å². The van der Waals surface area contributed by atoms with Crippen molar-refractivity contribution in [3.05, 3.63) is 41.2 Å². The molecule has 8 nitrogen and oxygen atoms in total. The van der Waals surface area contributed by atoms with Crippen LogP contribution >= 0.6 is 0 Å². The van der Waals surface area contributed by atoms with Crippen molar-refractivity contribution < 1.29 is 45.4 Å². The van der Waals surface area contributed by atoms with E-state index in [-0.39, 0.29) is 17.9 Å². The molecule has 0 amide bonds. The molecule has 3 N–H and O–H groups in total. The molecule has 1 unspecified atom stereocenters. The smallest absolute Gasteiger partial charge is 0.487 e. The first-order valence-corrected chi connectivity index (χ1v) is 11.7. The maximum Gasteiger partial charge on any atom is 0.490 e. The summed E-state index contributed by atoms with van der Waals surface area (Å²) in [5, 5.41) is 13.2. The molecule has 210 valence electrons. The lowest BCUT2D eigenvalue weighted by molar-refractivity contribution is -0.192. The number of carboxylic acid groups (broad SMARTS) is 1. The summed E-state index contributed by atoms with van der Waals surface area (Å²) in [7, 11) is 0. The molecule has 0 bridgehead atoms. The fraction of sp³-hybridized carbons (Fsp3) is 0.522. The third-order valence-electron chi connectivity index (χ3n) is 5.75. The molecule has 15 heteroatoms. The summed E-state index contributed by atoms with van der Waals surface area (Å²) in [5.74, 6) is -3.22. The number of benzene rings is 1. The number of alkyl halides is 5. The molecule has 0 radical (unpaired) electrons. The zero-order valence-electron chi connectivity index (χ0n) is 20.2. The summed E-state index contributed by atoms with van der Waals surface area (Å²) in [6.07, 6.45) is -5.97. The Morgan fingerprint density at radius 1 is 1.21 bits per heavy atom. The van der Waals surface area contributed by atoms with E-state index in [1.807, 2.05) is 11.8 Å². The summed E-state index contributed by atoms with van der Waals surface area (Å²) < 4.78 is 90.0. The molecule has 1 atom stereocenters. The Morgan fingerprint density at radius 2 is 1.87 bits per heavy atom. The number of anilines is 2. The van der Waals surface area contributed by atoms with Gasteiger partial charge in [0, 0.05) is 51.0 Å². The first kappa shape index (κ1) is 29.2. The van der Waals surface area contributed by atoms with E-state index in [0.29, 0.717) is 50.5 Å². The quantitative estimate of drug-likeness (QED) is 0.459. The van der Waals surface area contributed by atoms with Gasteiger partial charge in [-0.15, -0.1) is 0 Å². The Bertz CT molecular complexity index is 1110. The fourth-order valence-electron chi connectivity index (χ4n) is 3.88. The van der Waals surface area contributed by atoms with E-state index in [0.717, 1.165) is 23.5 Å². The van der Waals surface area contributed by atoms with Crippen LogP contribution in [0.4, 0.5) is 42.4 Å². The first-order valence-electron chi connectivity index (χ1n) is 11.7. The van der Waals surface area contributed by atoms with Gasteiger partial charge in [-0.1, -0.05) is 0 Å². The molecule has 38 heavy (non-hydrogen) atoms. The Hall–Kier alpha value is -3.36. The summed E-state index contributed by atoms with van der Waals surface area (Å²) in [4.78, 5) is 20.2. The molecular weight excluding hydrogens is 527 g/mol. The number of nitrogens with one attached hydrogen (secondary N) is 2. The number of fused-ring (bicyclic) bond motifs is 1. The van der Waals surface area contributed by atoms with Gasteiger partial charge in [0.1, 0.15) is 11.9 Å². The van der Waals surface area contributed by atoms with Gasteiger partial charge >= 0.3 is 12.1 Å². The number of halogens is 7. The molecule has 3 heterocycles. The van der Waals surface area contributed by atoms with Crippen LogP contribution in [0.3, 0.4) is 0 Å². The Balaban J connectivity index is 0.000000505. The molecule has 2 aliphatic heterocycles. The number of hydrogen-bond acceptors (Lipinski definition) is 7. The highest BCUT2D eigenvalue weighted by atomic mass is 19.4. The number of piperidine rings is 1. The highest BCUT2D eigenvalue weighted by Crippen LogP contribution is 2.30. The van der Waals surface area contributed by atoms with Gasteiger partial charge in [0.2, 0.25) is 0 Å². The van der Waals surface area contributed by atoms with Crippen LogP contribution in [0.2, 0.25) is 0 Å². The van der Waals surface area contributed by atoms with Gasteiger partial charge in [-0.05, 0) is 19.1 Å². The second-order valence-corrected chi connectivity index (χ2v) is 8.73. The number of rotatable bonds is 6. The van der Waals surface area contributed by atoms with Crippen LogP contribution in [0.1, 0.15) is 31.2 Å². The standard InChI is InChI=1S/C21H25F4N5O.C2HF3O2/c1-12-8-16-17(10-26-12)29-21(20(28-16)27-11-19(24)25)30-6-4-14(5-7-30)31-18-3-2-13(22)9-15(18)23;3-2(4,5)1(6)7/h2-3,9,12,14,19,26H,4-8,10-11H2,1H3,(H,27,28);(H,6,7). The van der Waals surface area contributed by atoms with Crippen LogP contribution in [0, 0.1) is 11.6 Å². The normalized spacial score (nSPS) is 17.9. The van der Waals surface area contributed by atoms with E-state index in [9.17, 15) is 30.7 Å². The van der Waals surface area contributed by atoms with Gasteiger partial charge in [-0.3, -0.25) is 0 Å². The van der Waals surface area contributed by atoms with E-state index in [2.05, 4.69) is 15.6 Å². The fourth-order valence-corrected chi connectivity index (χ4v) is 3.88. The van der Waals surface area contributed by atoms with Gasteiger partial charge in [0.05, 0.1) is 17.9 Å². The third-order valence-corrected chi connectivity index (χ3v) is 5.75. The zero-order valence-corrected chi connectivity index (χ0v) is 20.2. The Labute approximate surface area is 213 Å². The Kier molecular flexibility index (Phi) is 9.57. The van der Waals surface area contributed by atoms with Crippen LogP contribution in [-0.2, 0) is 17.8 Å². The van der Waals surface area contributed by atoms with Crippen LogP contribution in [0.5, 0.6) is 5.75 Å². The van der Waals surface area contributed by atoms with Crippen molar-refractivity contribution >= 4 is 17.6 Å². The number of aromatic nitrogens is 2. The molecule has 0 spiro atoms. The summed E-state index contributed by atoms with van der Waals surface area (Å²) in [6.45, 7) is 3.22. The van der Waals surface area contributed by atoms with E-state index in [1.54, 1.807) is 0 Å². The minimum absolute atomic E-state index is 0.0212. The van der Waals surface area contributed by atoms with Gasteiger partial charge in [0.25, 0.3) is 6.43 Å². The number of hydrogen-bond donors (Lipinski definition) is 3. The molecular formula is C23H26F7N5O3. The van der Waals surface area contributed by atoms with Crippen molar-refractivity contribution in [1.29, 1.82) is 0 Å². The molecule has 2 aromatic rings. The minimum atomic E-state index is -5.08. The lowest BCUT2D eigenvalue weighted by Gasteiger charge is -2.34. The predicted octanol–water partition coefficient (Wildman–Crippen LogP) is 4.15. The topological polar surface area (TPSA) is 99.6 Å². The lowest BCUT2D eigenvalue weighted by Crippen LogP contribution is -2.40. The largest absolute Gasteiger partial charge is 0.490 e. The van der Waals surface area contributed by atoms with Crippen LogP contribution in [0.25, 0.3) is 0 Å². The first-order chi connectivity index (χ1) is 17.8. The molecule has 0 saturated carbocycles. The number of carbonyl (C=O) groups is 1. The van der Waals surface area contributed by atoms with Crippen molar-refractivity contribution in [1.82, 2.24) is 15.3 Å². The second-order valence-electron chi connectivity index (χ2n) is 8.73. The number of aliphatic carboxylic acids is 1. The molecule has 2 aliphatic rings. The summed E-state index contributed by atoms with van der Waals surface area (Å²) in [6, 6.07) is 3.48. The highest BCUT2D eigenvalue weighted by Gasteiger charge is 2.38. The van der Waals surface area contributed by atoms with Crippen molar-refractivity contribution in [2.24, 2.45) is 0 Å². The van der Waals surface area contributed by atoms with Crippen LogP contribution in [-0.4, -0.2) is 65.4 Å². The lowest BCUT2D eigenvalue weighted by atomic mass is 10.1. The average molecular weight is 553 g/mol. The number of ether oxygens (including phenoxy) is 1. The summed E-state index contributed by atoms with van der Waals surface area (Å²) in [5.41, 5.74) is 1.64. The SMILES string of the molecule is CC1Cc2nc(NCC(F)F)c(N3CCC(Oc4ccc(F)cc4F)CC3)nc2CN1.O=C(O)C(F)(F)F. The molecule has 1 aromatic heterocycles. The second kappa shape index (κ2) is 12.5. The highest BCUT2D eigenvalue weighted by molar-refractivity contribution is 5.73. The monoisotopic (exact) mass is 553 g/mol. The van der Waals surface area contributed by atoms with Crippen molar-refractivity contribution in [2.75, 3.05) is 29.9 Å². The molecule has 1 aromatic carbocycles. The van der Waals surface area contributed by atoms with Gasteiger partial charge in [0.15, 0.2) is 23.2 Å². The zero-order chi connectivity index (χ0) is 28.0. The third kappa shape index (κ3) is 8.07.